The summed E-state index contributed by atoms with van der Waals surface area (Å²) in [6, 6.07) is 0. The van der Waals surface area contributed by atoms with Gasteiger partial charge in [-0.05, 0) is 12.8 Å². The van der Waals surface area contributed by atoms with E-state index in [0.717, 1.165) is 5.69 Å². The molecule has 5 nitrogen and oxygen atoms in total. The molecule has 0 saturated heterocycles. The number of hydrogen-bond acceptors (Lipinski definition) is 6. The lowest BCUT2D eigenvalue weighted by atomic mass is 10.2. The first-order valence-corrected chi connectivity index (χ1v) is 8.62. The monoisotopic (exact) mass is 330 g/mol. The number of thioether (sulfide) groups is 1. The average molecular weight is 330 g/mol. The number of nitrogens with zero attached hydrogens (tertiary/aromatic N) is 1. The van der Waals surface area contributed by atoms with Crippen molar-refractivity contribution < 1.29 is 14.3 Å². The number of thiazole rings is 1. The third-order valence-corrected chi connectivity index (χ3v) is 4.55. The van der Waals surface area contributed by atoms with Crippen LogP contribution < -0.4 is 5.32 Å². The van der Waals surface area contributed by atoms with Crippen molar-refractivity contribution in [2.24, 2.45) is 0 Å². The summed E-state index contributed by atoms with van der Waals surface area (Å²) >= 11 is 3.01. The van der Waals surface area contributed by atoms with Crippen molar-refractivity contribution in [3.8, 4) is 0 Å². The summed E-state index contributed by atoms with van der Waals surface area (Å²) in [4.78, 5) is 27.1. The zero-order valence-corrected chi connectivity index (χ0v) is 14.5. The Kier molecular flexibility index (Phi) is 7.17. The lowest BCUT2D eigenvalue weighted by molar-refractivity contribution is -0.140. The molecule has 0 unspecified atom stereocenters. The van der Waals surface area contributed by atoms with Crippen molar-refractivity contribution in [1.82, 2.24) is 4.98 Å². The Bertz CT molecular complexity index is 481. The summed E-state index contributed by atoms with van der Waals surface area (Å²) in [7, 11) is 1.38. The molecule has 0 aromatic carbocycles. The van der Waals surface area contributed by atoms with Crippen LogP contribution in [0.15, 0.2) is 5.38 Å². The normalized spacial score (nSPS) is 11.2. The molecular weight excluding hydrogens is 308 g/mol. The highest BCUT2D eigenvalue weighted by Crippen LogP contribution is 2.23. The van der Waals surface area contributed by atoms with Crippen LogP contribution in [0.1, 0.15) is 39.3 Å². The molecule has 0 saturated carbocycles. The summed E-state index contributed by atoms with van der Waals surface area (Å²) in [5.41, 5.74) is 0.891. The number of aryl methyl sites for hydroxylation is 1. The Morgan fingerprint density at radius 3 is 2.76 bits per heavy atom. The minimum atomic E-state index is -0.210. The molecule has 0 aliphatic carbocycles. The number of amides is 1. The zero-order valence-electron chi connectivity index (χ0n) is 12.9. The van der Waals surface area contributed by atoms with E-state index in [4.69, 9.17) is 0 Å². The summed E-state index contributed by atoms with van der Waals surface area (Å²) < 4.78 is 4.65. The maximum absolute atomic E-state index is 11.8. The Labute approximate surface area is 133 Å². The predicted molar refractivity (Wildman–Crippen MR) is 87.9 cm³/mol. The predicted octanol–water partition coefficient (Wildman–Crippen LogP) is 3.11. The zero-order chi connectivity index (χ0) is 15.9. The van der Waals surface area contributed by atoms with Crippen LogP contribution in [-0.4, -0.2) is 34.5 Å². The van der Waals surface area contributed by atoms with E-state index in [1.54, 1.807) is 11.8 Å². The summed E-state index contributed by atoms with van der Waals surface area (Å²) in [5.74, 6) is 0.171. The van der Waals surface area contributed by atoms with E-state index in [9.17, 15) is 9.59 Å². The Hall–Kier alpha value is -1.08. The Morgan fingerprint density at radius 1 is 1.43 bits per heavy atom. The fourth-order valence-corrected chi connectivity index (χ4v) is 2.83. The van der Waals surface area contributed by atoms with Crippen LogP contribution in [0.2, 0.25) is 0 Å². The fourth-order valence-electron chi connectivity index (χ4n) is 1.43. The SMILES string of the molecule is COC(=O)CCCc1csc(NC(=O)CSC(C)(C)C)n1. The number of methoxy groups -OCH3 is 1. The molecule has 0 atom stereocenters. The lowest BCUT2D eigenvalue weighted by Gasteiger charge is -2.16. The topological polar surface area (TPSA) is 68.3 Å². The molecule has 0 spiro atoms. The van der Waals surface area contributed by atoms with E-state index in [0.29, 0.717) is 30.1 Å². The summed E-state index contributed by atoms with van der Waals surface area (Å²) in [5, 5.41) is 5.32. The lowest BCUT2D eigenvalue weighted by Crippen LogP contribution is -2.18. The first-order valence-electron chi connectivity index (χ1n) is 6.75. The number of esters is 1. The number of aromatic nitrogens is 1. The van der Waals surface area contributed by atoms with Gasteiger partial charge in [-0.3, -0.25) is 9.59 Å². The smallest absolute Gasteiger partial charge is 0.305 e. The van der Waals surface area contributed by atoms with Gasteiger partial charge in [0, 0.05) is 16.5 Å². The quantitative estimate of drug-likeness (QED) is 0.778. The Morgan fingerprint density at radius 2 is 2.14 bits per heavy atom. The number of nitrogens with one attached hydrogen (secondary N) is 1. The standard InChI is InChI=1S/C14H22N2O3S2/c1-14(2,3)21-9-11(17)16-13-15-10(8-20-13)6-5-7-12(18)19-4/h8H,5-7,9H2,1-4H3,(H,15,16,17). The average Bonchev–Trinajstić information content (AvgIpc) is 2.83. The van der Waals surface area contributed by atoms with Crippen LogP contribution in [0.4, 0.5) is 5.13 Å². The molecule has 1 amide bonds. The number of anilines is 1. The van der Waals surface area contributed by atoms with Crippen molar-refractivity contribution in [3.63, 3.8) is 0 Å². The van der Waals surface area contributed by atoms with Gasteiger partial charge in [-0.25, -0.2) is 4.98 Å². The molecule has 1 aromatic heterocycles. The van der Waals surface area contributed by atoms with Crippen molar-refractivity contribution >= 4 is 40.1 Å². The maximum Gasteiger partial charge on any atom is 0.305 e. The van der Waals surface area contributed by atoms with E-state index in [1.165, 1.54) is 18.4 Å². The highest BCUT2D eigenvalue weighted by molar-refractivity contribution is 8.01. The van der Waals surface area contributed by atoms with Gasteiger partial charge in [-0.1, -0.05) is 20.8 Å². The van der Waals surface area contributed by atoms with Crippen molar-refractivity contribution in [1.29, 1.82) is 0 Å². The van der Waals surface area contributed by atoms with Crippen LogP contribution >= 0.6 is 23.1 Å². The third kappa shape index (κ3) is 8.06. The van der Waals surface area contributed by atoms with E-state index in [1.807, 2.05) is 5.38 Å². The van der Waals surface area contributed by atoms with Gasteiger partial charge in [0.05, 0.1) is 18.6 Å². The van der Waals surface area contributed by atoms with Crippen molar-refractivity contribution in [2.75, 3.05) is 18.2 Å². The molecule has 0 aliphatic heterocycles. The summed E-state index contributed by atoms with van der Waals surface area (Å²) in [6.07, 6.45) is 1.79. The minimum Gasteiger partial charge on any atom is -0.469 e. The van der Waals surface area contributed by atoms with Crippen molar-refractivity contribution in [3.05, 3.63) is 11.1 Å². The van der Waals surface area contributed by atoms with Gasteiger partial charge < -0.3 is 10.1 Å². The van der Waals surface area contributed by atoms with Crippen LogP contribution in [-0.2, 0) is 20.7 Å². The van der Waals surface area contributed by atoms with Gasteiger partial charge in [0.2, 0.25) is 5.91 Å². The highest BCUT2D eigenvalue weighted by Gasteiger charge is 2.14. The highest BCUT2D eigenvalue weighted by atomic mass is 32.2. The molecular formula is C14H22N2O3S2. The van der Waals surface area contributed by atoms with Gasteiger partial charge in [-0.2, -0.15) is 0 Å². The molecule has 0 aliphatic rings. The van der Waals surface area contributed by atoms with E-state index >= 15 is 0 Å². The molecule has 1 N–H and O–H groups in total. The minimum absolute atomic E-state index is 0.0367. The second kappa shape index (κ2) is 8.38. The number of hydrogen-bond donors (Lipinski definition) is 1. The van der Waals surface area contributed by atoms with Crippen LogP contribution in [0.3, 0.4) is 0 Å². The molecule has 0 radical (unpaired) electrons. The molecule has 7 heteroatoms. The van der Waals surface area contributed by atoms with Gasteiger partial charge in [0.15, 0.2) is 5.13 Å². The largest absolute Gasteiger partial charge is 0.469 e. The van der Waals surface area contributed by atoms with Gasteiger partial charge in [0.1, 0.15) is 0 Å². The molecule has 0 fully saturated rings. The second-order valence-corrected chi connectivity index (χ2v) is 8.18. The van der Waals surface area contributed by atoms with E-state index in [-0.39, 0.29) is 16.6 Å². The van der Waals surface area contributed by atoms with E-state index in [2.05, 4.69) is 35.8 Å². The molecule has 21 heavy (non-hydrogen) atoms. The molecule has 1 rings (SSSR count). The van der Waals surface area contributed by atoms with Crippen molar-refractivity contribution in [2.45, 2.75) is 44.8 Å². The Balaban J connectivity index is 2.34. The number of rotatable bonds is 7. The first-order chi connectivity index (χ1) is 9.80. The van der Waals surface area contributed by atoms with Crippen LogP contribution in [0.5, 0.6) is 0 Å². The number of carbonyl (C=O) groups excluding carboxylic acids is 2. The molecule has 0 bridgehead atoms. The third-order valence-electron chi connectivity index (χ3n) is 2.48. The number of ether oxygens (including phenoxy) is 1. The van der Waals surface area contributed by atoms with Gasteiger partial charge >= 0.3 is 5.97 Å². The number of carbonyl (C=O) groups is 2. The van der Waals surface area contributed by atoms with Gasteiger partial charge in [-0.15, -0.1) is 23.1 Å². The first kappa shape index (κ1) is 18.0. The maximum atomic E-state index is 11.8. The van der Waals surface area contributed by atoms with Crippen LogP contribution in [0, 0.1) is 0 Å². The second-order valence-electron chi connectivity index (χ2n) is 5.52. The molecule has 1 heterocycles. The van der Waals surface area contributed by atoms with E-state index < -0.39 is 0 Å². The molecule has 1 aromatic rings. The molecule has 118 valence electrons. The summed E-state index contributed by atoms with van der Waals surface area (Å²) in [6.45, 7) is 6.23. The fraction of sp³-hybridized carbons (Fsp3) is 0.643. The van der Waals surface area contributed by atoms with Gasteiger partial charge in [0.25, 0.3) is 0 Å². The van der Waals surface area contributed by atoms with Crippen LogP contribution in [0.25, 0.3) is 0 Å².